The van der Waals surface area contributed by atoms with Crippen LogP contribution in [0.1, 0.15) is 40.0 Å². The van der Waals surface area contributed by atoms with E-state index in [0.29, 0.717) is 19.4 Å². The largest absolute Gasteiger partial charge is 0.550 e. The molecule has 0 fully saturated rings. The molecule has 0 atom stereocenters. The van der Waals surface area contributed by atoms with E-state index in [9.17, 15) is 14.7 Å². The van der Waals surface area contributed by atoms with E-state index in [4.69, 9.17) is 4.74 Å². The first kappa shape index (κ1) is 13.7. The van der Waals surface area contributed by atoms with Crippen molar-refractivity contribution in [3.8, 4) is 0 Å². The summed E-state index contributed by atoms with van der Waals surface area (Å²) in [5.41, 5.74) is -0.505. The summed E-state index contributed by atoms with van der Waals surface area (Å²) in [5, 5.41) is 12.6. The molecule has 0 aromatic rings. The Morgan fingerprint density at radius 1 is 1.27 bits per heavy atom. The van der Waals surface area contributed by atoms with E-state index < -0.39 is 17.7 Å². The molecule has 0 unspecified atom stereocenters. The third kappa shape index (κ3) is 10.7. The Labute approximate surface area is 89.8 Å². The summed E-state index contributed by atoms with van der Waals surface area (Å²) in [6.07, 6.45) is 0.650. The molecule has 0 aromatic heterocycles. The molecule has 0 aliphatic carbocycles. The van der Waals surface area contributed by atoms with Gasteiger partial charge in [-0.05, 0) is 40.0 Å². The molecule has 0 rings (SSSR count). The Bertz CT molecular complexity index is 220. The van der Waals surface area contributed by atoms with Crippen molar-refractivity contribution in [3.05, 3.63) is 0 Å². The Hall–Kier alpha value is -1.26. The molecule has 5 heteroatoms. The molecule has 0 aliphatic rings. The van der Waals surface area contributed by atoms with E-state index in [0.717, 1.165) is 0 Å². The molecule has 15 heavy (non-hydrogen) atoms. The number of nitrogens with one attached hydrogen (secondary N) is 1. The fourth-order valence-electron chi connectivity index (χ4n) is 0.899. The number of amides is 1. The van der Waals surface area contributed by atoms with Crippen molar-refractivity contribution >= 4 is 12.1 Å². The van der Waals surface area contributed by atoms with Crippen molar-refractivity contribution in [1.29, 1.82) is 0 Å². The summed E-state index contributed by atoms with van der Waals surface area (Å²) in [7, 11) is 0. The van der Waals surface area contributed by atoms with Gasteiger partial charge in [0.05, 0.1) is 0 Å². The summed E-state index contributed by atoms with van der Waals surface area (Å²) in [6.45, 7) is 5.76. The zero-order valence-corrected chi connectivity index (χ0v) is 9.46. The number of carboxylic acid groups (broad SMARTS) is 1. The minimum Gasteiger partial charge on any atom is -0.550 e. The van der Waals surface area contributed by atoms with Crippen LogP contribution in [0.2, 0.25) is 0 Å². The lowest BCUT2D eigenvalue weighted by Crippen LogP contribution is -2.33. The normalized spacial score (nSPS) is 10.9. The van der Waals surface area contributed by atoms with Crippen LogP contribution >= 0.6 is 0 Å². The van der Waals surface area contributed by atoms with Crippen LogP contribution in [0.4, 0.5) is 4.79 Å². The average Bonchev–Trinajstić information content (AvgIpc) is 1.99. The molecular weight excluding hydrogens is 198 g/mol. The van der Waals surface area contributed by atoms with Crippen LogP contribution in [0.5, 0.6) is 0 Å². The summed E-state index contributed by atoms with van der Waals surface area (Å²) in [6, 6.07) is 0. The third-order valence-electron chi connectivity index (χ3n) is 1.48. The molecule has 0 saturated heterocycles. The number of rotatable bonds is 5. The molecule has 0 bridgehead atoms. The van der Waals surface area contributed by atoms with Crippen LogP contribution in [-0.4, -0.2) is 24.2 Å². The van der Waals surface area contributed by atoms with Gasteiger partial charge in [0.1, 0.15) is 5.60 Å². The number of alkyl carbamates (subject to hydrolysis) is 1. The average molecular weight is 216 g/mol. The SMILES string of the molecule is CC(C)(C)OC(=O)NCCCCC(=O)[O-]. The van der Waals surface area contributed by atoms with E-state index in [-0.39, 0.29) is 6.42 Å². The number of carbonyl (C=O) groups excluding carboxylic acids is 2. The minimum atomic E-state index is -1.06. The lowest BCUT2D eigenvalue weighted by atomic mass is 10.2. The van der Waals surface area contributed by atoms with Crippen LogP contribution in [-0.2, 0) is 9.53 Å². The second kappa shape index (κ2) is 6.27. The molecule has 0 aromatic carbocycles. The number of hydrogen-bond donors (Lipinski definition) is 1. The van der Waals surface area contributed by atoms with Crippen molar-refractivity contribution in [2.24, 2.45) is 0 Å². The first-order chi connectivity index (χ1) is 6.81. The van der Waals surface area contributed by atoms with Crippen molar-refractivity contribution < 1.29 is 19.4 Å². The van der Waals surface area contributed by atoms with Gasteiger partial charge in [0.25, 0.3) is 0 Å². The fourth-order valence-corrected chi connectivity index (χ4v) is 0.899. The van der Waals surface area contributed by atoms with Crippen LogP contribution in [0.15, 0.2) is 0 Å². The Kier molecular flexibility index (Phi) is 5.74. The number of unbranched alkanes of at least 4 members (excludes halogenated alkanes) is 1. The van der Waals surface area contributed by atoms with Crippen molar-refractivity contribution in [3.63, 3.8) is 0 Å². The van der Waals surface area contributed by atoms with Gasteiger partial charge in [-0.1, -0.05) is 0 Å². The highest BCUT2D eigenvalue weighted by Crippen LogP contribution is 2.06. The van der Waals surface area contributed by atoms with Crippen LogP contribution < -0.4 is 10.4 Å². The maximum Gasteiger partial charge on any atom is 0.407 e. The van der Waals surface area contributed by atoms with Crippen LogP contribution in [0.25, 0.3) is 0 Å². The highest BCUT2D eigenvalue weighted by Gasteiger charge is 2.15. The standard InChI is InChI=1S/C10H19NO4/c1-10(2,3)15-9(14)11-7-5-4-6-8(12)13/h4-7H2,1-3H3,(H,11,14)(H,12,13)/p-1. The first-order valence-electron chi connectivity index (χ1n) is 4.98. The lowest BCUT2D eigenvalue weighted by molar-refractivity contribution is -0.305. The van der Waals surface area contributed by atoms with Crippen LogP contribution in [0.3, 0.4) is 0 Å². The monoisotopic (exact) mass is 216 g/mol. The molecule has 0 radical (unpaired) electrons. The zero-order chi connectivity index (χ0) is 11.9. The summed E-state index contributed by atoms with van der Waals surface area (Å²) >= 11 is 0. The van der Waals surface area contributed by atoms with Gasteiger partial charge in [-0.2, -0.15) is 0 Å². The van der Waals surface area contributed by atoms with Crippen molar-refractivity contribution in [1.82, 2.24) is 5.32 Å². The summed E-state index contributed by atoms with van der Waals surface area (Å²) in [5.74, 6) is -1.06. The molecule has 1 N–H and O–H groups in total. The van der Waals surface area contributed by atoms with E-state index in [1.54, 1.807) is 20.8 Å². The molecule has 0 spiro atoms. The van der Waals surface area contributed by atoms with Crippen LogP contribution in [0, 0.1) is 0 Å². The second-order valence-electron chi connectivity index (χ2n) is 4.26. The zero-order valence-electron chi connectivity index (χ0n) is 9.46. The Morgan fingerprint density at radius 3 is 2.33 bits per heavy atom. The molecular formula is C10H18NO4-. The second-order valence-corrected chi connectivity index (χ2v) is 4.26. The van der Waals surface area contributed by atoms with Gasteiger partial charge in [-0.15, -0.1) is 0 Å². The summed E-state index contributed by atoms with van der Waals surface area (Å²) < 4.78 is 4.99. The van der Waals surface area contributed by atoms with Gasteiger partial charge in [-0.3, -0.25) is 0 Å². The summed E-state index contributed by atoms with van der Waals surface area (Å²) in [4.78, 5) is 21.2. The van der Waals surface area contributed by atoms with Gasteiger partial charge in [-0.25, -0.2) is 4.79 Å². The highest BCUT2D eigenvalue weighted by molar-refractivity contribution is 5.67. The smallest absolute Gasteiger partial charge is 0.407 e. The highest BCUT2D eigenvalue weighted by atomic mass is 16.6. The predicted octanol–water partition coefficient (Wildman–Crippen LogP) is 0.431. The number of carboxylic acids is 1. The van der Waals surface area contributed by atoms with E-state index in [2.05, 4.69) is 5.32 Å². The number of aliphatic carboxylic acids is 1. The molecule has 5 nitrogen and oxygen atoms in total. The van der Waals surface area contributed by atoms with Gasteiger partial charge in [0, 0.05) is 12.5 Å². The van der Waals surface area contributed by atoms with Gasteiger partial charge in [0.2, 0.25) is 0 Å². The minimum absolute atomic E-state index is 0.0238. The Balaban J connectivity index is 3.44. The van der Waals surface area contributed by atoms with Gasteiger partial charge < -0.3 is 20.0 Å². The van der Waals surface area contributed by atoms with E-state index >= 15 is 0 Å². The molecule has 88 valence electrons. The number of hydrogen-bond acceptors (Lipinski definition) is 4. The number of carbonyl (C=O) groups is 2. The maximum absolute atomic E-state index is 11.1. The fraction of sp³-hybridized carbons (Fsp3) is 0.800. The molecule has 1 amide bonds. The van der Waals surface area contributed by atoms with E-state index in [1.165, 1.54) is 0 Å². The first-order valence-corrected chi connectivity index (χ1v) is 4.98. The lowest BCUT2D eigenvalue weighted by Gasteiger charge is -2.19. The third-order valence-corrected chi connectivity index (χ3v) is 1.48. The molecule has 0 saturated carbocycles. The topological polar surface area (TPSA) is 78.5 Å². The number of ether oxygens (including phenoxy) is 1. The molecule has 0 aliphatic heterocycles. The van der Waals surface area contributed by atoms with E-state index in [1.807, 2.05) is 0 Å². The maximum atomic E-state index is 11.1. The predicted molar refractivity (Wildman–Crippen MR) is 53.1 cm³/mol. The molecule has 0 heterocycles. The van der Waals surface area contributed by atoms with Crippen molar-refractivity contribution in [2.75, 3.05) is 6.54 Å². The quantitative estimate of drug-likeness (QED) is 0.676. The van der Waals surface area contributed by atoms with Gasteiger partial charge >= 0.3 is 6.09 Å². The van der Waals surface area contributed by atoms with Gasteiger partial charge in [0.15, 0.2) is 0 Å². The van der Waals surface area contributed by atoms with Crippen molar-refractivity contribution in [2.45, 2.75) is 45.6 Å². The Morgan fingerprint density at radius 2 is 1.87 bits per heavy atom.